The lowest BCUT2D eigenvalue weighted by atomic mass is 9.54. The lowest BCUT2D eigenvalue weighted by molar-refractivity contribution is -0.130. The Balaban J connectivity index is 1.50. The van der Waals surface area contributed by atoms with E-state index >= 15 is 0 Å². The molecule has 41 heavy (non-hydrogen) atoms. The SMILES string of the molecule is [B]C([B])(O)C([B])(O)Oc1ccccc1-c1ccc2c(n1)CN(C)CC21CCN(c2ncc(Cl)cc2C#N)CC1CC. The van der Waals surface area contributed by atoms with Crippen molar-refractivity contribution in [2.24, 2.45) is 5.92 Å². The number of halogens is 1. The third kappa shape index (κ3) is 5.46. The summed E-state index contributed by atoms with van der Waals surface area (Å²) in [5, 5.41) is 27.7. The van der Waals surface area contributed by atoms with Crippen molar-refractivity contribution < 1.29 is 14.9 Å². The molecule has 6 radical (unpaired) electrons. The molecule has 2 aliphatic rings. The number of benzene rings is 1. The molecule has 0 bridgehead atoms. The summed E-state index contributed by atoms with van der Waals surface area (Å²) in [7, 11) is 18.6. The fraction of sp³-hybridized carbons (Fsp3) is 0.414. The van der Waals surface area contributed by atoms with E-state index in [0.29, 0.717) is 34.2 Å². The summed E-state index contributed by atoms with van der Waals surface area (Å²) in [5.74, 6) is 1.12. The van der Waals surface area contributed by atoms with Crippen LogP contribution in [0.3, 0.4) is 0 Å². The van der Waals surface area contributed by atoms with Crippen LogP contribution in [0.15, 0.2) is 48.7 Å². The molecule has 8 nitrogen and oxygen atoms in total. The van der Waals surface area contributed by atoms with Gasteiger partial charge in [0.2, 0.25) is 0 Å². The maximum absolute atomic E-state index is 10.4. The van der Waals surface area contributed by atoms with Crippen molar-refractivity contribution in [1.29, 1.82) is 5.26 Å². The monoisotopic (exact) mass is 563 g/mol. The van der Waals surface area contributed by atoms with Crippen molar-refractivity contribution >= 4 is 41.0 Å². The van der Waals surface area contributed by atoms with Crippen LogP contribution >= 0.6 is 11.6 Å². The lowest BCUT2D eigenvalue weighted by Gasteiger charge is -2.52. The van der Waals surface area contributed by atoms with Gasteiger partial charge in [0.25, 0.3) is 0 Å². The molecule has 0 amide bonds. The number of para-hydroxylation sites is 1. The molecule has 3 aromatic rings. The van der Waals surface area contributed by atoms with Gasteiger partial charge in [0, 0.05) is 48.8 Å². The average Bonchev–Trinajstić information content (AvgIpc) is 2.92. The lowest BCUT2D eigenvalue weighted by Crippen LogP contribution is -2.60. The number of hydrogen-bond acceptors (Lipinski definition) is 8. The molecule has 2 N–H and O–H groups in total. The number of piperidine rings is 1. The maximum Gasteiger partial charge on any atom is 0.174 e. The topological polar surface area (TPSA) is 106 Å². The quantitative estimate of drug-likeness (QED) is 0.348. The highest BCUT2D eigenvalue weighted by Gasteiger charge is 2.48. The molecule has 3 unspecified atom stereocenters. The molecule has 12 heteroatoms. The second-order valence-corrected chi connectivity index (χ2v) is 11.5. The van der Waals surface area contributed by atoms with Crippen molar-refractivity contribution in [2.45, 2.75) is 42.8 Å². The van der Waals surface area contributed by atoms with Gasteiger partial charge >= 0.3 is 0 Å². The Hall–Kier alpha value is -3.03. The third-order valence-electron chi connectivity index (χ3n) is 8.28. The van der Waals surface area contributed by atoms with E-state index in [0.717, 1.165) is 38.2 Å². The average molecular weight is 563 g/mol. The predicted molar refractivity (Wildman–Crippen MR) is 160 cm³/mol. The molecule has 1 aromatic carbocycles. The van der Waals surface area contributed by atoms with Crippen molar-refractivity contribution in [3.8, 4) is 23.1 Å². The first kappa shape index (κ1) is 29.5. The van der Waals surface area contributed by atoms with Gasteiger partial charge in [-0.3, -0.25) is 9.88 Å². The summed E-state index contributed by atoms with van der Waals surface area (Å²) in [6.45, 7) is 5.24. The van der Waals surface area contributed by atoms with E-state index in [1.54, 1.807) is 30.5 Å². The van der Waals surface area contributed by atoms with Crippen LogP contribution < -0.4 is 9.64 Å². The second-order valence-electron chi connectivity index (χ2n) is 11.1. The summed E-state index contributed by atoms with van der Waals surface area (Å²) in [5.41, 5.74) is 0.942. The van der Waals surface area contributed by atoms with E-state index in [4.69, 9.17) is 44.9 Å². The van der Waals surface area contributed by atoms with E-state index in [1.165, 1.54) is 5.56 Å². The first-order valence-corrected chi connectivity index (χ1v) is 13.9. The van der Waals surface area contributed by atoms with Crippen LogP contribution in [0.25, 0.3) is 11.3 Å². The molecule has 204 valence electrons. The molecule has 1 saturated heterocycles. The maximum atomic E-state index is 10.4. The first-order chi connectivity index (χ1) is 19.4. The number of hydrogen-bond donors (Lipinski definition) is 2. The van der Waals surface area contributed by atoms with Crippen LogP contribution in [0.4, 0.5) is 5.82 Å². The van der Waals surface area contributed by atoms with E-state index in [9.17, 15) is 15.5 Å². The third-order valence-corrected chi connectivity index (χ3v) is 8.49. The van der Waals surface area contributed by atoms with E-state index in [-0.39, 0.29) is 17.1 Å². The van der Waals surface area contributed by atoms with Crippen molar-refractivity contribution in [2.75, 3.05) is 31.6 Å². The number of nitrogens with zero attached hydrogens (tertiary/aromatic N) is 5. The summed E-state index contributed by atoms with van der Waals surface area (Å²) in [6, 6.07) is 14.9. The van der Waals surface area contributed by atoms with Gasteiger partial charge in [-0.15, -0.1) is 0 Å². The van der Waals surface area contributed by atoms with Gasteiger partial charge < -0.3 is 19.8 Å². The van der Waals surface area contributed by atoms with Crippen LogP contribution in [-0.4, -0.2) is 86.4 Å². The minimum Gasteiger partial charge on any atom is -0.470 e. The van der Waals surface area contributed by atoms with Crippen molar-refractivity contribution in [3.63, 3.8) is 0 Å². The molecule has 1 fully saturated rings. The minimum atomic E-state index is -2.74. The Morgan fingerprint density at radius 2 is 1.98 bits per heavy atom. The Labute approximate surface area is 249 Å². The summed E-state index contributed by atoms with van der Waals surface area (Å²) in [4.78, 5) is 14.1. The van der Waals surface area contributed by atoms with E-state index in [2.05, 4.69) is 40.9 Å². The van der Waals surface area contributed by atoms with Crippen LogP contribution in [0.2, 0.25) is 5.02 Å². The van der Waals surface area contributed by atoms with Gasteiger partial charge in [-0.25, -0.2) is 4.98 Å². The molecule has 1 spiro atoms. The molecule has 0 aliphatic carbocycles. The van der Waals surface area contributed by atoms with Gasteiger partial charge in [-0.1, -0.05) is 43.1 Å². The fourth-order valence-electron chi connectivity index (χ4n) is 6.23. The van der Waals surface area contributed by atoms with Gasteiger partial charge in [0.05, 0.1) is 22.0 Å². The number of rotatable bonds is 6. The highest BCUT2D eigenvalue weighted by molar-refractivity contribution is 6.43. The standard InChI is InChI=1S/C29H29B3ClN5O3/c1-3-19-15-38(26-18(13-34)12-20(33)14-35-26)11-10-27(19)17-37(2)16-24-22(27)8-9-23(36-24)21-6-4-5-7-25(21)41-29(32,40)28(30,31)39/h4-9,12,14,19,39-40H,3,10-11,15-17H2,1-2H3. The number of ether oxygens (including phenoxy) is 1. The number of aromatic nitrogens is 2. The van der Waals surface area contributed by atoms with E-state index in [1.807, 2.05) is 12.1 Å². The highest BCUT2D eigenvalue weighted by Crippen LogP contribution is 2.47. The smallest absolute Gasteiger partial charge is 0.174 e. The first-order valence-electron chi connectivity index (χ1n) is 13.5. The summed E-state index contributed by atoms with van der Waals surface area (Å²) in [6.07, 6.45) is 3.39. The Kier molecular flexibility index (Phi) is 7.90. The molecule has 2 aliphatic heterocycles. The normalized spacial score (nSPS) is 22.5. The summed E-state index contributed by atoms with van der Waals surface area (Å²) < 4.78 is 5.48. The zero-order chi connectivity index (χ0) is 29.6. The van der Waals surface area contributed by atoms with Crippen LogP contribution in [0, 0.1) is 17.2 Å². The van der Waals surface area contributed by atoms with Crippen LogP contribution in [0.5, 0.6) is 5.75 Å². The molecule has 4 heterocycles. The minimum absolute atomic E-state index is 0.137. The van der Waals surface area contributed by atoms with Crippen LogP contribution in [-0.2, 0) is 12.0 Å². The molecule has 2 aromatic heterocycles. The van der Waals surface area contributed by atoms with Gasteiger partial charge in [0.1, 0.15) is 33.3 Å². The largest absolute Gasteiger partial charge is 0.470 e. The number of nitriles is 1. The zero-order valence-corrected chi connectivity index (χ0v) is 23.8. The Morgan fingerprint density at radius 1 is 1.22 bits per heavy atom. The molecule has 0 saturated carbocycles. The summed E-state index contributed by atoms with van der Waals surface area (Å²) >= 11 is 6.10. The number of aliphatic hydroxyl groups is 2. The fourth-order valence-corrected chi connectivity index (χ4v) is 6.39. The van der Waals surface area contributed by atoms with Gasteiger partial charge in [-0.05, 0) is 49.2 Å². The molecule has 5 rings (SSSR count). The molecular formula is C29H29B3ClN5O3. The van der Waals surface area contributed by atoms with E-state index < -0.39 is 11.1 Å². The number of fused-ring (bicyclic) bond motifs is 2. The predicted octanol–water partition coefficient (Wildman–Crippen LogP) is 2.46. The van der Waals surface area contributed by atoms with Crippen molar-refractivity contribution in [3.05, 3.63) is 70.5 Å². The Bertz CT molecular complexity index is 1500. The zero-order valence-electron chi connectivity index (χ0n) is 23.1. The van der Waals surface area contributed by atoms with Crippen LogP contribution in [0.1, 0.15) is 36.6 Å². The highest BCUT2D eigenvalue weighted by atomic mass is 35.5. The Morgan fingerprint density at radius 3 is 2.68 bits per heavy atom. The van der Waals surface area contributed by atoms with Gasteiger partial charge in [-0.2, -0.15) is 5.26 Å². The van der Waals surface area contributed by atoms with Gasteiger partial charge in [0.15, 0.2) is 13.5 Å². The van der Waals surface area contributed by atoms with Crippen molar-refractivity contribution in [1.82, 2.24) is 14.9 Å². The molecular weight excluding hydrogens is 534 g/mol. The number of likely N-dealkylation sites (N-methyl/N-ethyl adjacent to an activating group) is 1. The molecule has 3 atom stereocenters. The number of anilines is 1. The number of pyridine rings is 2. The second kappa shape index (κ2) is 11.0.